The van der Waals surface area contributed by atoms with Crippen LogP contribution >= 0.6 is 0 Å². The number of aromatic amines is 2. The Hall–Kier alpha value is -7.55. The Bertz CT molecular complexity index is 3610. The van der Waals surface area contributed by atoms with E-state index in [1.54, 1.807) is 39.9 Å². The minimum atomic E-state index is -1.35. The molecule has 0 saturated heterocycles. The van der Waals surface area contributed by atoms with E-state index in [1.165, 1.54) is 0 Å². The normalized spacial score (nSPS) is 13.2. The molecule has 390 valence electrons. The van der Waals surface area contributed by atoms with E-state index in [1.807, 2.05) is 149 Å². The Balaban J connectivity index is 0.000000150. The first-order valence-electron chi connectivity index (χ1n) is 23.9. The SMILES string of the molecule is COc1c(C)cnc(CS(=O)c2nc3ccc(C4=NCCO4)cc3[nH]2)c1C.COc1ccc2nc(S(=O)Cc3ncc(C)c(OC)c3C)[nH]c2c1.Cc1ccccc1-n1ccnc1S(=O)Cc1ccccc1N(C)C. The summed E-state index contributed by atoms with van der Waals surface area (Å²) in [4.78, 5) is 34.7. The second kappa shape index (κ2) is 24.2. The number of methoxy groups -OCH3 is 3. The Morgan fingerprint density at radius 2 is 1.24 bits per heavy atom. The second-order valence-electron chi connectivity index (χ2n) is 17.7. The van der Waals surface area contributed by atoms with Crippen molar-refractivity contribution in [2.24, 2.45) is 4.99 Å². The summed E-state index contributed by atoms with van der Waals surface area (Å²) in [6.07, 6.45) is 7.05. The highest BCUT2D eigenvalue weighted by Gasteiger charge is 2.20. The lowest BCUT2D eigenvalue weighted by Gasteiger charge is -2.17. The summed E-state index contributed by atoms with van der Waals surface area (Å²) in [6.45, 7) is 11.1. The number of ether oxygens (including phenoxy) is 4. The van der Waals surface area contributed by atoms with E-state index in [2.05, 4.69) is 39.9 Å². The summed E-state index contributed by atoms with van der Waals surface area (Å²) in [6, 6.07) is 27.3. The number of para-hydroxylation sites is 2. The number of hydrogen-bond acceptors (Lipinski definition) is 14. The van der Waals surface area contributed by atoms with Gasteiger partial charge in [0, 0.05) is 78.5 Å². The van der Waals surface area contributed by atoms with Crippen molar-refractivity contribution in [3.8, 4) is 22.9 Å². The molecule has 0 radical (unpaired) electrons. The van der Waals surface area contributed by atoms with Gasteiger partial charge < -0.3 is 33.8 Å². The van der Waals surface area contributed by atoms with Crippen molar-refractivity contribution >= 4 is 66.1 Å². The molecule has 0 aliphatic carbocycles. The van der Waals surface area contributed by atoms with Crippen LogP contribution < -0.4 is 19.1 Å². The highest BCUT2D eigenvalue weighted by atomic mass is 32.2. The third-order valence-corrected chi connectivity index (χ3v) is 16.0. The minimum absolute atomic E-state index is 0.269. The van der Waals surface area contributed by atoms with Crippen LogP contribution in [0.25, 0.3) is 27.8 Å². The summed E-state index contributed by atoms with van der Waals surface area (Å²) in [5, 5.41) is 1.44. The fourth-order valence-corrected chi connectivity index (χ4v) is 11.9. The summed E-state index contributed by atoms with van der Waals surface area (Å²) in [7, 11) is 4.95. The molecular formula is C55H60N10O7S3. The molecule has 2 N–H and O–H groups in total. The van der Waals surface area contributed by atoms with Gasteiger partial charge in [0.1, 0.15) is 23.9 Å². The highest BCUT2D eigenvalue weighted by molar-refractivity contribution is 7.84. The fraction of sp³-hybridized carbons (Fsp3) is 0.273. The molecule has 4 aromatic carbocycles. The Morgan fingerprint density at radius 1 is 0.653 bits per heavy atom. The summed E-state index contributed by atoms with van der Waals surface area (Å²) < 4.78 is 61.9. The molecule has 0 spiro atoms. The number of hydrogen-bond donors (Lipinski definition) is 2. The van der Waals surface area contributed by atoms with Gasteiger partial charge in [-0.25, -0.2) is 19.9 Å². The van der Waals surface area contributed by atoms with Gasteiger partial charge in [0.25, 0.3) is 0 Å². The fourth-order valence-electron chi connectivity index (χ4n) is 8.51. The Labute approximate surface area is 443 Å². The quantitative estimate of drug-likeness (QED) is 0.0984. The average Bonchev–Trinajstić information content (AvgIpc) is 4.27. The molecule has 75 heavy (non-hydrogen) atoms. The predicted octanol–water partition coefficient (Wildman–Crippen LogP) is 9.12. The van der Waals surface area contributed by atoms with E-state index in [0.717, 1.165) is 101 Å². The van der Waals surface area contributed by atoms with E-state index in [-0.39, 0.29) is 11.5 Å². The van der Waals surface area contributed by atoms with Gasteiger partial charge in [-0.3, -0.25) is 27.2 Å². The van der Waals surface area contributed by atoms with Crippen molar-refractivity contribution in [2.75, 3.05) is 53.5 Å². The maximum Gasteiger partial charge on any atom is 0.216 e. The molecule has 20 heteroatoms. The van der Waals surface area contributed by atoms with Crippen molar-refractivity contribution < 1.29 is 31.6 Å². The number of nitrogens with one attached hydrogen (secondary N) is 2. The van der Waals surface area contributed by atoms with E-state index in [0.29, 0.717) is 40.3 Å². The maximum absolute atomic E-state index is 13.0. The van der Waals surface area contributed by atoms with Gasteiger partial charge in [-0.1, -0.05) is 36.4 Å². The van der Waals surface area contributed by atoms with Crippen LogP contribution in [-0.2, 0) is 54.4 Å². The number of nitrogens with zero attached hydrogens (tertiary/aromatic N) is 8. The molecule has 1 aliphatic rings. The topological polar surface area (TPSA) is 205 Å². The van der Waals surface area contributed by atoms with Gasteiger partial charge in [-0.15, -0.1) is 0 Å². The highest BCUT2D eigenvalue weighted by Crippen LogP contribution is 2.29. The van der Waals surface area contributed by atoms with Gasteiger partial charge in [0.05, 0.1) is 117 Å². The molecule has 1 aliphatic heterocycles. The zero-order valence-corrected chi connectivity index (χ0v) is 46.0. The lowest BCUT2D eigenvalue weighted by Crippen LogP contribution is -2.13. The number of imidazole rings is 3. The first-order chi connectivity index (χ1) is 36.2. The van der Waals surface area contributed by atoms with Crippen LogP contribution in [0.4, 0.5) is 5.69 Å². The monoisotopic (exact) mass is 1070 g/mol. The zero-order valence-electron chi connectivity index (χ0n) is 43.6. The zero-order chi connectivity index (χ0) is 53.3. The van der Waals surface area contributed by atoms with E-state index < -0.39 is 32.4 Å². The van der Waals surface area contributed by atoms with E-state index >= 15 is 0 Å². The first kappa shape index (κ1) is 53.7. The van der Waals surface area contributed by atoms with Crippen LogP contribution in [0.3, 0.4) is 0 Å². The molecule has 9 aromatic rings. The smallest absolute Gasteiger partial charge is 0.216 e. The number of fused-ring (bicyclic) bond motifs is 2. The summed E-state index contributed by atoms with van der Waals surface area (Å²) in [5.41, 5.74) is 13.5. The van der Waals surface area contributed by atoms with Crippen LogP contribution in [0.1, 0.15) is 50.3 Å². The molecular weight excluding hydrogens is 1010 g/mol. The molecule has 10 rings (SSSR count). The molecule has 0 amide bonds. The predicted molar refractivity (Wildman–Crippen MR) is 296 cm³/mol. The second-order valence-corrected chi connectivity index (χ2v) is 21.8. The minimum Gasteiger partial charge on any atom is -0.497 e. The molecule has 3 unspecified atom stereocenters. The van der Waals surface area contributed by atoms with Crippen molar-refractivity contribution in [2.45, 2.75) is 67.3 Å². The lowest BCUT2D eigenvalue weighted by molar-refractivity contribution is 0.348. The van der Waals surface area contributed by atoms with Gasteiger partial charge in [0.2, 0.25) is 11.1 Å². The third-order valence-electron chi connectivity index (χ3n) is 12.4. The van der Waals surface area contributed by atoms with Crippen LogP contribution in [-0.4, -0.2) is 107 Å². The van der Waals surface area contributed by atoms with Crippen molar-refractivity contribution in [3.05, 3.63) is 160 Å². The number of aromatic nitrogens is 8. The lowest BCUT2D eigenvalue weighted by atomic mass is 10.1. The van der Waals surface area contributed by atoms with Gasteiger partial charge in [0.15, 0.2) is 10.3 Å². The largest absolute Gasteiger partial charge is 0.497 e. The van der Waals surface area contributed by atoms with E-state index in [9.17, 15) is 12.6 Å². The van der Waals surface area contributed by atoms with Crippen molar-refractivity contribution in [3.63, 3.8) is 0 Å². The number of aryl methyl sites for hydroxylation is 3. The molecule has 0 fully saturated rings. The number of H-pyrrole nitrogens is 2. The van der Waals surface area contributed by atoms with E-state index in [4.69, 9.17) is 18.9 Å². The summed E-state index contributed by atoms with van der Waals surface area (Å²) in [5.74, 6) is 3.92. The summed E-state index contributed by atoms with van der Waals surface area (Å²) >= 11 is 0. The number of aliphatic imine (C=N–C) groups is 1. The Morgan fingerprint density at radius 3 is 1.81 bits per heavy atom. The van der Waals surface area contributed by atoms with Crippen molar-refractivity contribution in [1.29, 1.82) is 0 Å². The average molecular weight is 1070 g/mol. The van der Waals surface area contributed by atoms with Gasteiger partial charge in [-0.2, -0.15) is 0 Å². The van der Waals surface area contributed by atoms with Crippen LogP contribution in [0, 0.1) is 34.6 Å². The van der Waals surface area contributed by atoms with Gasteiger partial charge in [-0.05, 0) is 88.2 Å². The van der Waals surface area contributed by atoms with Crippen molar-refractivity contribution in [1.82, 2.24) is 39.5 Å². The Kier molecular flexibility index (Phi) is 17.3. The van der Waals surface area contributed by atoms with Crippen LogP contribution in [0.5, 0.6) is 17.2 Å². The molecule has 0 saturated carbocycles. The third kappa shape index (κ3) is 12.4. The molecule has 5 aromatic heterocycles. The number of benzene rings is 4. The molecule has 6 heterocycles. The number of rotatable bonds is 15. The standard InChI is InChI=1S/C19H20N4O3S.C19H21N3OS.C17H19N3O3S/c1-11-9-21-16(12(2)17(11)25-3)10-27(24)19-22-14-5-4-13(8-15(14)23-19)18-20-6-7-26-18;1-15-8-4-6-10-17(15)22-13-12-20-19(22)24(23)14-16-9-5-7-11-18(16)21(2)3;1-10-8-18-15(11(2)16(10)23-4)9-24(21)17-19-13-6-5-12(22-3)7-14(13)20-17/h4-5,8-9H,6-7,10H2,1-3H3,(H,22,23);4-13H,14H2,1-3H3;5-8H,9H2,1-4H3,(H,19,20). The molecule has 0 bridgehead atoms. The molecule has 17 nitrogen and oxygen atoms in total. The molecule has 3 atom stereocenters. The number of pyridine rings is 2. The first-order valence-corrected chi connectivity index (χ1v) is 27.8. The maximum atomic E-state index is 13.0. The van der Waals surface area contributed by atoms with Crippen LogP contribution in [0.15, 0.2) is 130 Å². The van der Waals surface area contributed by atoms with Crippen LogP contribution in [0.2, 0.25) is 0 Å². The number of anilines is 1. The van der Waals surface area contributed by atoms with Gasteiger partial charge >= 0.3 is 0 Å².